The Morgan fingerprint density at radius 2 is 1.81 bits per heavy atom. The summed E-state index contributed by atoms with van der Waals surface area (Å²) in [5.41, 5.74) is 3.23. The number of likely N-dealkylation sites (tertiary alicyclic amines) is 1. The lowest BCUT2D eigenvalue weighted by Crippen LogP contribution is -2.56. The van der Waals surface area contributed by atoms with Gasteiger partial charge < -0.3 is 29.3 Å². The Morgan fingerprint density at radius 3 is 2.44 bits per heavy atom. The summed E-state index contributed by atoms with van der Waals surface area (Å²) in [6, 6.07) is 13.7. The van der Waals surface area contributed by atoms with Gasteiger partial charge in [-0.25, -0.2) is 28.4 Å². The Kier molecular flexibility index (Phi) is 9.40. The smallest absolute Gasteiger partial charge is 0.410 e. The number of nitrogens with zero attached hydrogens (tertiary/aromatic N) is 6. The second-order valence-electron chi connectivity index (χ2n) is 13.5. The van der Waals surface area contributed by atoms with Gasteiger partial charge in [-0.2, -0.15) is 0 Å². The summed E-state index contributed by atoms with van der Waals surface area (Å²) in [5, 5.41) is 3.26. The van der Waals surface area contributed by atoms with Crippen LogP contribution >= 0.6 is 0 Å². The van der Waals surface area contributed by atoms with Crippen LogP contribution in [0.5, 0.6) is 5.75 Å². The van der Waals surface area contributed by atoms with Gasteiger partial charge in [-0.3, -0.25) is 4.90 Å². The molecule has 3 saturated heterocycles. The fourth-order valence-electron chi connectivity index (χ4n) is 6.06. The molecule has 3 aliphatic rings. The lowest BCUT2D eigenvalue weighted by atomic mass is 10.0. The number of halogens is 2. The number of piperidine rings is 1. The number of anilines is 3. The van der Waals surface area contributed by atoms with Crippen molar-refractivity contribution in [3.63, 3.8) is 0 Å². The van der Waals surface area contributed by atoms with Crippen molar-refractivity contribution in [3.05, 3.63) is 65.6 Å². The van der Waals surface area contributed by atoms with E-state index in [1.807, 2.05) is 19.1 Å². The predicted octanol–water partition coefficient (Wildman–Crippen LogP) is 6.29. The zero-order valence-electron chi connectivity index (χ0n) is 27.7. The molecule has 6 rings (SSSR count). The van der Waals surface area contributed by atoms with Crippen molar-refractivity contribution in [1.82, 2.24) is 19.8 Å². The van der Waals surface area contributed by atoms with Crippen LogP contribution in [-0.2, 0) is 9.47 Å². The fourth-order valence-corrected chi connectivity index (χ4v) is 6.06. The van der Waals surface area contributed by atoms with Gasteiger partial charge in [0.25, 0.3) is 0 Å². The zero-order valence-corrected chi connectivity index (χ0v) is 27.7. The van der Waals surface area contributed by atoms with E-state index < -0.39 is 30.3 Å². The maximum Gasteiger partial charge on any atom is 0.410 e. The minimum Gasteiger partial charge on any atom is -0.495 e. The van der Waals surface area contributed by atoms with Gasteiger partial charge in [0.05, 0.1) is 38.1 Å². The molecule has 0 aliphatic carbocycles. The van der Waals surface area contributed by atoms with Crippen molar-refractivity contribution in [1.29, 1.82) is 0 Å². The highest BCUT2D eigenvalue weighted by Gasteiger charge is 2.48. The highest BCUT2D eigenvalue weighted by atomic mass is 19.3. The van der Waals surface area contributed by atoms with Crippen LogP contribution in [-0.4, -0.2) is 102 Å². The van der Waals surface area contributed by atoms with Gasteiger partial charge in [-0.15, -0.1) is 0 Å². The van der Waals surface area contributed by atoms with Crippen LogP contribution in [0.2, 0.25) is 0 Å². The van der Waals surface area contributed by atoms with Gasteiger partial charge in [0.2, 0.25) is 11.6 Å². The van der Waals surface area contributed by atoms with E-state index in [4.69, 9.17) is 20.8 Å². The standard InChI is InChI=1S/C35H41F2N7O4/c1-23-18-30(47-31-11-13-44(22-35(31,36)37)33(45)48-34(2,3)4)29(38-5)19-27(23)28-10-12-39-32(41-28)40-24-6-8-25(9-7-24)42-14-16-43(17-15-42)26-20-46-21-26/h6-10,12,18-19,26,31H,11,13-17,20-22H2,1-4H3,(H,39,40,41). The van der Waals surface area contributed by atoms with Gasteiger partial charge >= 0.3 is 12.0 Å². The molecule has 48 heavy (non-hydrogen) atoms. The largest absolute Gasteiger partial charge is 0.495 e. The van der Waals surface area contributed by atoms with Crippen molar-refractivity contribution in [2.45, 2.75) is 57.8 Å². The van der Waals surface area contributed by atoms with E-state index in [9.17, 15) is 4.79 Å². The van der Waals surface area contributed by atoms with Crippen LogP contribution in [0.25, 0.3) is 16.1 Å². The highest BCUT2D eigenvalue weighted by Crippen LogP contribution is 2.39. The minimum atomic E-state index is -3.34. The van der Waals surface area contributed by atoms with Crippen LogP contribution in [0.15, 0.2) is 48.7 Å². The molecule has 3 aliphatic heterocycles. The monoisotopic (exact) mass is 661 g/mol. The summed E-state index contributed by atoms with van der Waals surface area (Å²) in [7, 11) is 0. The molecule has 0 saturated carbocycles. The number of ether oxygens (including phenoxy) is 3. The number of nitrogens with one attached hydrogen (secondary N) is 1. The first-order valence-electron chi connectivity index (χ1n) is 16.2. The Labute approximate surface area is 279 Å². The first-order valence-corrected chi connectivity index (χ1v) is 16.2. The second-order valence-corrected chi connectivity index (χ2v) is 13.5. The van der Waals surface area contributed by atoms with E-state index in [1.54, 1.807) is 45.2 Å². The molecule has 4 heterocycles. The Morgan fingerprint density at radius 1 is 1.08 bits per heavy atom. The summed E-state index contributed by atoms with van der Waals surface area (Å²) in [4.78, 5) is 30.9. The summed E-state index contributed by atoms with van der Waals surface area (Å²) in [5.74, 6) is -2.89. The predicted molar refractivity (Wildman–Crippen MR) is 178 cm³/mol. The van der Waals surface area contributed by atoms with Crippen molar-refractivity contribution in [2.75, 3.05) is 62.7 Å². The number of aryl methyl sites for hydroxylation is 1. The number of alkyl halides is 2. The molecule has 1 N–H and O–H groups in total. The van der Waals surface area contributed by atoms with Crippen molar-refractivity contribution < 1.29 is 27.8 Å². The number of hydrogen-bond donors (Lipinski definition) is 1. The van der Waals surface area contributed by atoms with Crippen LogP contribution in [0.1, 0.15) is 32.8 Å². The lowest BCUT2D eigenvalue weighted by molar-refractivity contribution is -0.137. The zero-order chi connectivity index (χ0) is 34.1. The second kappa shape index (κ2) is 13.5. The number of piperazine rings is 1. The van der Waals surface area contributed by atoms with E-state index >= 15 is 8.78 Å². The molecule has 1 amide bonds. The van der Waals surface area contributed by atoms with E-state index in [0.29, 0.717) is 28.8 Å². The number of rotatable bonds is 7. The normalized spacial score (nSPS) is 20.1. The number of hydrogen-bond acceptors (Lipinski definition) is 9. The average Bonchev–Trinajstić information content (AvgIpc) is 3.01. The van der Waals surface area contributed by atoms with Gasteiger partial charge in [-0.1, -0.05) is 0 Å². The minimum absolute atomic E-state index is 0.0482. The molecule has 1 aromatic heterocycles. The molecule has 1 unspecified atom stereocenters. The third-order valence-electron chi connectivity index (χ3n) is 8.75. The molecule has 1 atom stereocenters. The van der Waals surface area contributed by atoms with E-state index in [2.05, 4.69) is 42.1 Å². The molecule has 0 radical (unpaired) electrons. The van der Waals surface area contributed by atoms with E-state index in [0.717, 1.165) is 55.7 Å². The Balaban J connectivity index is 1.10. The molecule has 2 aromatic carbocycles. The number of carbonyl (C=O) groups is 1. The number of aromatic nitrogens is 2. The van der Waals surface area contributed by atoms with Crippen LogP contribution < -0.4 is 15.0 Å². The average molecular weight is 662 g/mol. The Hall–Kier alpha value is -4.54. The van der Waals surface area contributed by atoms with Gasteiger partial charge in [0.15, 0.2) is 6.10 Å². The fraction of sp³-hybridized carbons (Fsp3) is 0.486. The van der Waals surface area contributed by atoms with Crippen LogP contribution in [0, 0.1) is 13.5 Å². The maximum atomic E-state index is 15.2. The Bertz CT molecular complexity index is 1660. The number of benzene rings is 2. The topological polar surface area (TPSA) is 96.7 Å². The molecular weight excluding hydrogens is 620 g/mol. The first-order chi connectivity index (χ1) is 22.9. The molecule has 13 heteroatoms. The molecule has 0 spiro atoms. The van der Waals surface area contributed by atoms with E-state index in [-0.39, 0.29) is 24.4 Å². The first kappa shape index (κ1) is 33.4. The lowest BCUT2D eigenvalue weighted by Gasteiger charge is -2.43. The molecule has 0 bridgehead atoms. The third kappa shape index (κ3) is 7.61. The third-order valence-corrected chi connectivity index (χ3v) is 8.75. The number of carbonyl (C=O) groups excluding carboxylic acids is 1. The van der Waals surface area contributed by atoms with Crippen molar-refractivity contribution in [3.8, 4) is 17.0 Å². The summed E-state index contributed by atoms with van der Waals surface area (Å²) >= 11 is 0. The van der Waals surface area contributed by atoms with Gasteiger partial charge in [0, 0.05) is 56.7 Å². The molecular formula is C35H41F2N7O4. The van der Waals surface area contributed by atoms with Gasteiger partial charge in [-0.05, 0) is 81.3 Å². The quantitative estimate of drug-likeness (QED) is 0.293. The summed E-state index contributed by atoms with van der Waals surface area (Å²) < 4.78 is 46.8. The van der Waals surface area contributed by atoms with E-state index in [1.165, 1.54) is 0 Å². The van der Waals surface area contributed by atoms with Crippen molar-refractivity contribution >= 4 is 29.1 Å². The summed E-state index contributed by atoms with van der Waals surface area (Å²) in [6.45, 7) is 19.5. The molecule has 11 nitrogen and oxygen atoms in total. The highest BCUT2D eigenvalue weighted by molar-refractivity contribution is 5.74. The summed E-state index contributed by atoms with van der Waals surface area (Å²) in [6.07, 6.45) is -0.774. The van der Waals surface area contributed by atoms with Crippen molar-refractivity contribution in [2.24, 2.45) is 0 Å². The molecule has 3 aromatic rings. The maximum absolute atomic E-state index is 15.2. The van der Waals surface area contributed by atoms with Crippen LogP contribution in [0.4, 0.5) is 36.6 Å². The van der Waals surface area contributed by atoms with Gasteiger partial charge in [0.1, 0.15) is 11.4 Å². The number of amides is 1. The van der Waals surface area contributed by atoms with Crippen LogP contribution in [0.3, 0.4) is 0 Å². The SMILES string of the molecule is [C-]#[N+]c1cc(-c2ccnc(Nc3ccc(N4CCN(C5COC5)CC4)cc3)n2)c(C)cc1OC1CCN(C(=O)OC(C)(C)C)CC1(F)F. The molecule has 254 valence electrons. The molecule has 3 fully saturated rings.